The second-order valence-electron chi connectivity index (χ2n) is 6.59. The molecule has 0 radical (unpaired) electrons. The second-order valence-corrected chi connectivity index (χ2v) is 6.59. The van der Waals surface area contributed by atoms with Gasteiger partial charge in [0.05, 0.1) is 11.4 Å². The van der Waals surface area contributed by atoms with Crippen LogP contribution in [0.15, 0.2) is 43.0 Å². The minimum absolute atomic E-state index is 0.466. The van der Waals surface area contributed by atoms with E-state index in [0.717, 1.165) is 41.7 Å². The molecule has 1 atom stereocenters. The van der Waals surface area contributed by atoms with Crippen molar-refractivity contribution in [3.8, 4) is 5.69 Å². The van der Waals surface area contributed by atoms with Crippen LogP contribution >= 0.6 is 0 Å². The lowest BCUT2D eigenvalue weighted by molar-refractivity contribution is 0.453. The number of aryl methyl sites for hydroxylation is 1. The van der Waals surface area contributed by atoms with E-state index in [4.69, 9.17) is 0 Å². The Bertz CT molecular complexity index is 854. The van der Waals surface area contributed by atoms with E-state index in [1.165, 1.54) is 12.8 Å². The minimum atomic E-state index is 0.466. The van der Waals surface area contributed by atoms with Crippen molar-refractivity contribution in [2.75, 3.05) is 18.4 Å². The van der Waals surface area contributed by atoms with Crippen LogP contribution in [0.2, 0.25) is 0 Å². The molecule has 0 aliphatic carbocycles. The fraction of sp³-hybridized carbons (Fsp3) is 0.368. The molecule has 1 saturated heterocycles. The molecular formula is C19H23N7. The first-order valence-corrected chi connectivity index (χ1v) is 9.02. The Morgan fingerprint density at radius 3 is 3.00 bits per heavy atom. The molecule has 2 N–H and O–H groups in total. The Morgan fingerprint density at radius 2 is 2.19 bits per heavy atom. The molecule has 0 saturated carbocycles. The smallest absolute Gasteiger partial charge is 0.138 e. The topological polar surface area (TPSA) is 80.5 Å². The first-order valence-electron chi connectivity index (χ1n) is 9.02. The van der Waals surface area contributed by atoms with E-state index in [2.05, 4.69) is 42.8 Å². The van der Waals surface area contributed by atoms with Crippen LogP contribution in [0.25, 0.3) is 5.69 Å². The zero-order valence-electron chi connectivity index (χ0n) is 14.9. The summed E-state index contributed by atoms with van der Waals surface area (Å²) in [6, 6.07) is 10.2. The van der Waals surface area contributed by atoms with Crippen molar-refractivity contribution in [3.05, 3.63) is 60.1 Å². The van der Waals surface area contributed by atoms with Gasteiger partial charge in [-0.3, -0.25) is 0 Å². The van der Waals surface area contributed by atoms with Crippen molar-refractivity contribution in [3.63, 3.8) is 0 Å². The first-order chi connectivity index (χ1) is 12.8. The van der Waals surface area contributed by atoms with Crippen molar-refractivity contribution in [2.45, 2.75) is 32.2 Å². The maximum atomic E-state index is 4.66. The number of rotatable bonds is 5. The molecule has 0 unspecified atom stereocenters. The average molecular weight is 349 g/mol. The van der Waals surface area contributed by atoms with Crippen LogP contribution in [0.1, 0.15) is 35.8 Å². The monoisotopic (exact) mass is 349 g/mol. The van der Waals surface area contributed by atoms with E-state index < -0.39 is 0 Å². The van der Waals surface area contributed by atoms with E-state index >= 15 is 0 Å². The number of para-hydroxylation sites is 1. The van der Waals surface area contributed by atoms with Gasteiger partial charge in [0, 0.05) is 25.1 Å². The highest BCUT2D eigenvalue weighted by atomic mass is 15.3. The Hall–Kier alpha value is -2.80. The predicted molar refractivity (Wildman–Crippen MR) is 100 cm³/mol. The molecule has 7 nitrogen and oxygen atoms in total. The van der Waals surface area contributed by atoms with Crippen LogP contribution in [-0.4, -0.2) is 37.8 Å². The van der Waals surface area contributed by atoms with Gasteiger partial charge in [0.25, 0.3) is 0 Å². The molecule has 4 rings (SSSR count). The van der Waals surface area contributed by atoms with E-state index in [1.807, 2.05) is 25.1 Å². The molecule has 2 aromatic heterocycles. The number of hydrogen-bond acceptors (Lipinski definition) is 6. The summed E-state index contributed by atoms with van der Waals surface area (Å²) >= 11 is 0. The van der Waals surface area contributed by atoms with E-state index in [-0.39, 0.29) is 0 Å². The molecule has 3 aromatic rings. The Balaban J connectivity index is 1.53. The van der Waals surface area contributed by atoms with Crippen LogP contribution in [-0.2, 0) is 6.54 Å². The molecule has 1 aliphatic heterocycles. The standard InChI is InChI=1S/C19H23N7/c1-14-24-17(15-6-4-8-20-10-15)9-19(25-14)22-11-16-5-2-3-7-18(16)26-13-21-12-23-26/h2-3,5,7,9,12-13,15,20H,4,6,8,10-11H2,1H3,(H,22,24,25)/t15-/m0/s1. The summed E-state index contributed by atoms with van der Waals surface area (Å²) in [7, 11) is 0. The molecule has 1 aliphatic rings. The van der Waals surface area contributed by atoms with Gasteiger partial charge < -0.3 is 10.6 Å². The molecule has 3 heterocycles. The summed E-state index contributed by atoms with van der Waals surface area (Å²) in [5.74, 6) is 2.14. The molecule has 0 spiro atoms. The summed E-state index contributed by atoms with van der Waals surface area (Å²) in [5, 5.41) is 11.1. The van der Waals surface area contributed by atoms with Crippen molar-refractivity contribution < 1.29 is 0 Å². The van der Waals surface area contributed by atoms with Crippen molar-refractivity contribution in [1.29, 1.82) is 0 Å². The molecule has 0 bridgehead atoms. The lowest BCUT2D eigenvalue weighted by Crippen LogP contribution is -2.29. The fourth-order valence-corrected chi connectivity index (χ4v) is 3.40. The second kappa shape index (κ2) is 7.61. The molecule has 26 heavy (non-hydrogen) atoms. The summed E-state index contributed by atoms with van der Waals surface area (Å²) in [4.78, 5) is 13.3. The highest BCUT2D eigenvalue weighted by Gasteiger charge is 2.17. The largest absolute Gasteiger partial charge is 0.366 e. The van der Waals surface area contributed by atoms with E-state index in [9.17, 15) is 0 Å². The number of piperidine rings is 1. The molecule has 7 heteroatoms. The summed E-state index contributed by atoms with van der Waals surface area (Å²) in [6.07, 6.45) is 5.63. The third-order valence-corrected chi connectivity index (χ3v) is 4.69. The Kier molecular flexibility index (Phi) is 4.88. The van der Waals surface area contributed by atoms with E-state index in [0.29, 0.717) is 12.5 Å². The van der Waals surface area contributed by atoms with Gasteiger partial charge in [0.1, 0.15) is 24.3 Å². The summed E-state index contributed by atoms with van der Waals surface area (Å²) in [5.41, 5.74) is 3.27. The molecular weight excluding hydrogens is 326 g/mol. The van der Waals surface area contributed by atoms with Gasteiger partial charge in [-0.2, -0.15) is 5.10 Å². The SMILES string of the molecule is Cc1nc(NCc2ccccc2-n2cncn2)cc([C@H]2CCCNC2)n1. The lowest BCUT2D eigenvalue weighted by Gasteiger charge is -2.23. The molecule has 134 valence electrons. The van der Waals surface area contributed by atoms with Gasteiger partial charge in [-0.05, 0) is 37.9 Å². The van der Waals surface area contributed by atoms with Crippen LogP contribution < -0.4 is 10.6 Å². The van der Waals surface area contributed by atoms with Gasteiger partial charge >= 0.3 is 0 Å². The minimum Gasteiger partial charge on any atom is -0.366 e. The number of aromatic nitrogens is 5. The lowest BCUT2D eigenvalue weighted by atomic mass is 9.96. The number of hydrogen-bond donors (Lipinski definition) is 2. The normalized spacial score (nSPS) is 17.2. The van der Waals surface area contributed by atoms with Crippen molar-refractivity contribution in [1.82, 2.24) is 30.0 Å². The van der Waals surface area contributed by atoms with Crippen molar-refractivity contribution in [2.24, 2.45) is 0 Å². The van der Waals surface area contributed by atoms with Gasteiger partial charge in [0.15, 0.2) is 0 Å². The zero-order chi connectivity index (χ0) is 17.8. The predicted octanol–water partition coefficient (Wildman–Crippen LogP) is 2.44. The molecule has 1 fully saturated rings. The van der Waals surface area contributed by atoms with Crippen LogP contribution in [0.5, 0.6) is 0 Å². The third-order valence-electron chi connectivity index (χ3n) is 4.69. The van der Waals surface area contributed by atoms with Crippen LogP contribution in [0, 0.1) is 6.92 Å². The van der Waals surface area contributed by atoms with Crippen LogP contribution in [0.3, 0.4) is 0 Å². The van der Waals surface area contributed by atoms with Crippen LogP contribution in [0.4, 0.5) is 5.82 Å². The maximum absolute atomic E-state index is 4.66. The first kappa shape index (κ1) is 16.7. The fourth-order valence-electron chi connectivity index (χ4n) is 3.40. The quantitative estimate of drug-likeness (QED) is 0.736. The summed E-state index contributed by atoms with van der Waals surface area (Å²) < 4.78 is 1.78. The average Bonchev–Trinajstić information content (AvgIpc) is 3.21. The Morgan fingerprint density at radius 1 is 1.27 bits per heavy atom. The molecule has 0 amide bonds. The highest BCUT2D eigenvalue weighted by molar-refractivity contribution is 5.44. The van der Waals surface area contributed by atoms with E-state index in [1.54, 1.807) is 17.3 Å². The summed E-state index contributed by atoms with van der Waals surface area (Å²) in [6.45, 7) is 4.71. The van der Waals surface area contributed by atoms with Gasteiger partial charge in [-0.15, -0.1) is 0 Å². The highest BCUT2D eigenvalue weighted by Crippen LogP contribution is 2.23. The number of benzene rings is 1. The number of nitrogens with one attached hydrogen (secondary N) is 2. The van der Waals surface area contributed by atoms with Crippen molar-refractivity contribution >= 4 is 5.82 Å². The van der Waals surface area contributed by atoms with Gasteiger partial charge in [-0.25, -0.2) is 19.6 Å². The Labute approximate surface area is 152 Å². The number of nitrogens with zero attached hydrogens (tertiary/aromatic N) is 5. The maximum Gasteiger partial charge on any atom is 0.138 e. The number of anilines is 1. The third kappa shape index (κ3) is 3.72. The van der Waals surface area contributed by atoms with Gasteiger partial charge in [0.2, 0.25) is 0 Å². The van der Waals surface area contributed by atoms with Gasteiger partial charge in [-0.1, -0.05) is 18.2 Å². The molecule has 1 aromatic carbocycles. The zero-order valence-corrected chi connectivity index (χ0v) is 14.9.